The zero-order chi connectivity index (χ0) is 29.4. The molecule has 11 N–H and O–H groups in total. The number of hydrogen-bond donors (Lipinski definition) is 8. The Morgan fingerprint density at radius 1 is 0.744 bits per heavy atom. The van der Waals surface area contributed by atoms with E-state index in [0.29, 0.717) is 19.4 Å². The number of hydrogen-bond acceptors (Lipinski definition) is 8. The molecule has 0 heterocycles. The number of carbonyl (C=O) groups excluding carboxylic acids is 4. The fraction of sp³-hybridized carbons (Fsp3) is 0.520. The average molecular weight is 551 g/mol. The van der Waals surface area contributed by atoms with E-state index < -0.39 is 72.6 Å². The fourth-order valence-corrected chi connectivity index (χ4v) is 3.63. The van der Waals surface area contributed by atoms with Gasteiger partial charge >= 0.3 is 11.9 Å². The van der Waals surface area contributed by atoms with Gasteiger partial charge in [0.2, 0.25) is 23.6 Å². The summed E-state index contributed by atoms with van der Waals surface area (Å²) in [5, 5.41) is 25.4. The largest absolute Gasteiger partial charge is 0.481 e. The summed E-state index contributed by atoms with van der Waals surface area (Å²) >= 11 is 0. The van der Waals surface area contributed by atoms with Crippen LogP contribution in [0.3, 0.4) is 0 Å². The first kappa shape index (κ1) is 33.0. The van der Waals surface area contributed by atoms with Crippen LogP contribution in [0.15, 0.2) is 30.3 Å². The molecule has 14 nitrogen and oxygen atoms in total. The molecule has 216 valence electrons. The Labute approximate surface area is 226 Å². The molecule has 4 unspecified atom stereocenters. The Bertz CT molecular complexity index is 990. The van der Waals surface area contributed by atoms with Gasteiger partial charge in [0.1, 0.15) is 18.1 Å². The summed E-state index contributed by atoms with van der Waals surface area (Å²) in [5.41, 5.74) is 17.6. The van der Waals surface area contributed by atoms with Crippen molar-refractivity contribution in [3.63, 3.8) is 0 Å². The van der Waals surface area contributed by atoms with Crippen molar-refractivity contribution >= 4 is 35.6 Å². The summed E-state index contributed by atoms with van der Waals surface area (Å²) in [6.45, 7) is 0.354. The second kappa shape index (κ2) is 17.5. The van der Waals surface area contributed by atoms with Crippen LogP contribution in [0.5, 0.6) is 0 Å². The number of carboxylic acids is 2. The summed E-state index contributed by atoms with van der Waals surface area (Å²) in [4.78, 5) is 72.4. The van der Waals surface area contributed by atoms with Crippen molar-refractivity contribution in [2.24, 2.45) is 17.2 Å². The molecule has 0 aliphatic rings. The van der Waals surface area contributed by atoms with Gasteiger partial charge < -0.3 is 43.4 Å². The van der Waals surface area contributed by atoms with Crippen LogP contribution in [-0.2, 0) is 35.2 Å². The minimum absolute atomic E-state index is 0.174. The second-order valence-electron chi connectivity index (χ2n) is 9.04. The zero-order valence-electron chi connectivity index (χ0n) is 21.6. The van der Waals surface area contributed by atoms with Gasteiger partial charge in [-0.2, -0.15) is 0 Å². The quantitative estimate of drug-likeness (QED) is 0.0910. The molecule has 4 amide bonds. The smallest absolute Gasteiger partial charge is 0.326 e. The molecule has 39 heavy (non-hydrogen) atoms. The molecule has 0 aliphatic heterocycles. The van der Waals surface area contributed by atoms with E-state index in [1.165, 1.54) is 0 Å². The van der Waals surface area contributed by atoms with Crippen molar-refractivity contribution in [3.8, 4) is 0 Å². The molecular formula is C25H38N6O8. The first-order chi connectivity index (χ1) is 18.4. The number of aliphatic carboxylic acids is 2. The normalized spacial score (nSPS) is 13.8. The van der Waals surface area contributed by atoms with E-state index in [1.54, 1.807) is 24.3 Å². The summed E-state index contributed by atoms with van der Waals surface area (Å²) in [6.07, 6.45) is -0.0549. The molecule has 0 spiro atoms. The summed E-state index contributed by atoms with van der Waals surface area (Å²) in [5.74, 6) is -5.78. The Morgan fingerprint density at radius 3 is 1.82 bits per heavy atom. The first-order valence-corrected chi connectivity index (χ1v) is 12.6. The molecule has 14 heteroatoms. The minimum Gasteiger partial charge on any atom is -0.481 e. The number of rotatable bonds is 19. The fourth-order valence-electron chi connectivity index (χ4n) is 3.63. The number of nitrogens with two attached hydrogens (primary N) is 3. The highest BCUT2D eigenvalue weighted by molar-refractivity contribution is 5.94. The molecule has 0 saturated carbocycles. The second-order valence-corrected chi connectivity index (χ2v) is 9.04. The lowest BCUT2D eigenvalue weighted by molar-refractivity contribution is -0.143. The molecule has 0 bridgehead atoms. The van der Waals surface area contributed by atoms with Crippen LogP contribution in [0, 0.1) is 0 Å². The highest BCUT2D eigenvalue weighted by Crippen LogP contribution is 2.07. The van der Waals surface area contributed by atoms with Crippen LogP contribution in [0.1, 0.15) is 50.5 Å². The molecule has 0 radical (unpaired) electrons. The maximum atomic E-state index is 13.2. The van der Waals surface area contributed by atoms with Crippen molar-refractivity contribution in [3.05, 3.63) is 35.9 Å². The maximum absolute atomic E-state index is 13.2. The first-order valence-electron chi connectivity index (χ1n) is 12.6. The predicted octanol–water partition coefficient (Wildman–Crippen LogP) is -1.65. The summed E-state index contributed by atoms with van der Waals surface area (Å²) in [6, 6.07) is 4.05. The minimum atomic E-state index is -1.54. The summed E-state index contributed by atoms with van der Waals surface area (Å²) in [7, 11) is 0. The van der Waals surface area contributed by atoms with E-state index in [2.05, 4.69) is 16.0 Å². The van der Waals surface area contributed by atoms with E-state index in [1.807, 2.05) is 6.07 Å². The van der Waals surface area contributed by atoms with Crippen molar-refractivity contribution in [2.45, 2.75) is 75.5 Å². The van der Waals surface area contributed by atoms with E-state index in [9.17, 15) is 33.9 Å². The zero-order valence-corrected chi connectivity index (χ0v) is 21.6. The van der Waals surface area contributed by atoms with Crippen molar-refractivity contribution in [1.29, 1.82) is 0 Å². The highest BCUT2D eigenvalue weighted by atomic mass is 16.4. The number of benzene rings is 1. The topological polar surface area (TPSA) is 257 Å². The Morgan fingerprint density at radius 2 is 1.28 bits per heavy atom. The lowest BCUT2D eigenvalue weighted by Crippen LogP contribution is -2.57. The van der Waals surface area contributed by atoms with Crippen LogP contribution in [0.25, 0.3) is 0 Å². The third-order valence-corrected chi connectivity index (χ3v) is 5.79. The highest BCUT2D eigenvalue weighted by Gasteiger charge is 2.30. The van der Waals surface area contributed by atoms with Gasteiger partial charge in [0.05, 0.1) is 6.04 Å². The number of carbonyl (C=O) groups is 6. The van der Waals surface area contributed by atoms with E-state index in [4.69, 9.17) is 22.3 Å². The molecule has 1 aromatic carbocycles. The number of primary amides is 1. The molecule has 1 rings (SSSR count). The van der Waals surface area contributed by atoms with Gasteiger partial charge in [0, 0.05) is 12.8 Å². The van der Waals surface area contributed by atoms with Crippen LogP contribution < -0.4 is 33.2 Å². The number of carboxylic acid groups (broad SMARTS) is 2. The lowest BCUT2D eigenvalue weighted by atomic mass is 10.0. The number of unbranched alkanes of at least 4 members (excludes halogenated alkanes) is 1. The van der Waals surface area contributed by atoms with Crippen LogP contribution in [0.2, 0.25) is 0 Å². The van der Waals surface area contributed by atoms with Crippen LogP contribution in [-0.4, -0.2) is 76.5 Å². The van der Waals surface area contributed by atoms with Crippen LogP contribution in [0.4, 0.5) is 0 Å². The summed E-state index contributed by atoms with van der Waals surface area (Å²) < 4.78 is 0. The van der Waals surface area contributed by atoms with Gasteiger partial charge in [-0.3, -0.25) is 24.0 Å². The van der Waals surface area contributed by atoms with E-state index >= 15 is 0 Å². The van der Waals surface area contributed by atoms with Crippen molar-refractivity contribution in [1.82, 2.24) is 16.0 Å². The molecule has 0 aliphatic carbocycles. The van der Waals surface area contributed by atoms with Gasteiger partial charge in [-0.05, 0) is 50.6 Å². The third kappa shape index (κ3) is 13.4. The van der Waals surface area contributed by atoms with Crippen molar-refractivity contribution in [2.75, 3.05) is 6.54 Å². The van der Waals surface area contributed by atoms with Gasteiger partial charge in [-0.25, -0.2) is 4.79 Å². The SMILES string of the molecule is NCCCCC(NC(=O)C(N)Cc1ccccc1)C(=O)NC(CCC(N)=O)C(=O)NC(CCC(=O)O)C(=O)O. The Hall–Kier alpha value is -4.04. The standard InChI is InChI=1S/C25H38N6O8/c26-13-5-4-8-17(29-22(35)16(27)14-15-6-2-1-3-7-15)23(36)30-18(9-11-20(28)32)24(37)31-19(25(38)39)10-12-21(33)34/h1-3,6-7,16-19H,4-5,8-14,26-27H2,(H2,28,32)(H,29,35)(H,30,36)(H,31,37)(H,33,34)(H,38,39). The van der Waals surface area contributed by atoms with E-state index in [0.717, 1.165) is 5.56 Å². The number of amides is 4. The molecule has 1 aromatic rings. The molecular weight excluding hydrogens is 512 g/mol. The Balaban J connectivity index is 3.00. The van der Waals surface area contributed by atoms with E-state index in [-0.39, 0.29) is 25.7 Å². The van der Waals surface area contributed by atoms with Gasteiger partial charge in [-0.15, -0.1) is 0 Å². The van der Waals surface area contributed by atoms with Gasteiger partial charge in [0.25, 0.3) is 0 Å². The van der Waals surface area contributed by atoms with Crippen LogP contribution >= 0.6 is 0 Å². The Kier molecular flexibility index (Phi) is 14.8. The third-order valence-electron chi connectivity index (χ3n) is 5.79. The lowest BCUT2D eigenvalue weighted by Gasteiger charge is -2.25. The van der Waals surface area contributed by atoms with Gasteiger partial charge in [0.15, 0.2) is 0 Å². The molecule has 0 aromatic heterocycles. The molecule has 0 saturated heterocycles. The molecule has 4 atom stereocenters. The number of nitrogens with one attached hydrogen (secondary N) is 3. The molecule has 0 fully saturated rings. The van der Waals surface area contributed by atoms with Crippen molar-refractivity contribution < 1.29 is 39.0 Å². The average Bonchev–Trinajstić information content (AvgIpc) is 2.88. The monoisotopic (exact) mass is 550 g/mol. The maximum Gasteiger partial charge on any atom is 0.326 e. The van der Waals surface area contributed by atoms with Gasteiger partial charge in [-0.1, -0.05) is 30.3 Å². The predicted molar refractivity (Wildman–Crippen MR) is 140 cm³/mol.